The number of ketones is 1. The van der Waals surface area contributed by atoms with E-state index < -0.39 is 0 Å². The predicted molar refractivity (Wildman–Crippen MR) is 44.7 cm³/mol. The van der Waals surface area contributed by atoms with Crippen molar-refractivity contribution in [2.24, 2.45) is 4.99 Å². The maximum atomic E-state index is 11.3. The number of hydrogen-bond donors (Lipinski definition) is 0. The zero-order valence-electron chi connectivity index (χ0n) is 7.03. The van der Waals surface area contributed by atoms with Crippen LogP contribution in [0.1, 0.15) is 6.92 Å². The molecule has 0 N–H and O–H groups in total. The molecule has 0 radical (unpaired) electrons. The number of allylic oxidation sites excluding steroid dienone is 1. The van der Waals surface area contributed by atoms with Crippen molar-refractivity contribution in [1.82, 2.24) is 4.90 Å². The van der Waals surface area contributed by atoms with E-state index >= 15 is 0 Å². The summed E-state index contributed by atoms with van der Waals surface area (Å²) >= 11 is 0. The third-order valence-electron chi connectivity index (χ3n) is 1.66. The zero-order valence-corrected chi connectivity index (χ0v) is 7.03. The predicted octanol–water partition coefficient (Wildman–Crippen LogP) is 0.474. The molecule has 1 atom stereocenters. The molecule has 1 aliphatic heterocycles. The van der Waals surface area contributed by atoms with E-state index in [1.54, 1.807) is 17.2 Å². The third kappa shape index (κ3) is 1.54. The van der Waals surface area contributed by atoms with Gasteiger partial charge in [0, 0.05) is 6.21 Å². The van der Waals surface area contributed by atoms with E-state index in [0.29, 0.717) is 0 Å². The van der Waals surface area contributed by atoms with Gasteiger partial charge in [-0.25, -0.2) is 0 Å². The molecule has 1 aliphatic rings. The molecule has 1 rings (SSSR count). The van der Waals surface area contributed by atoms with Crippen molar-refractivity contribution < 1.29 is 4.79 Å². The Bertz CT molecular complexity index is 228. The summed E-state index contributed by atoms with van der Waals surface area (Å²) in [6, 6.07) is 0. The zero-order chi connectivity index (χ0) is 8.43. The van der Waals surface area contributed by atoms with Gasteiger partial charge in [0.05, 0.1) is 0 Å². The summed E-state index contributed by atoms with van der Waals surface area (Å²) in [4.78, 5) is 17.2. The highest BCUT2D eigenvalue weighted by Crippen LogP contribution is 2.08. The van der Waals surface area contributed by atoms with Gasteiger partial charge in [0.15, 0.2) is 11.9 Å². The van der Waals surface area contributed by atoms with Gasteiger partial charge in [-0.05, 0) is 32.7 Å². The molecule has 0 amide bonds. The molecule has 0 aliphatic carbocycles. The molecule has 1 heterocycles. The summed E-state index contributed by atoms with van der Waals surface area (Å²) in [5.41, 5.74) is 0.777. The number of aliphatic imine (C=N–C) groups is 1. The lowest BCUT2D eigenvalue weighted by molar-refractivity contribution is -0.119. The number of dihydropyridines is 1. The molecular formula is C8H12N2O. The second-order valence-electron chi connectivity index (χ2n) is 2.85. The van der Waals surface area contributed by atoms with Crippen LogP contribution in [-0.2, 0) is 4.79 Å². The largest absolute Gasteiger partial charge is 0.291 e. The standard InChI is InChI=1S/C8H12N2O/c1-6-4-5-9-8(7(6)11)10(2)3/h4-5,8H,1-3H3. The lowest BCUT2D eigenvalue weighted by Gasteiger charge is -2.20. The Morgan fingerprint density at radius 3 is 2.64 bits per heavy atom. The van der Waals surface area contributed by atoms with Crippen molar-refractivity contribution in [2.75, 3.05) is 14.1 Å². The van der Waals surface area contributed by atoms with Crippen LogP contribution in [0, 0.1) is 0 Å². The number of carbonyl (C=O) groups is 1. The van der Waals surface area contributed by atoms with E-state index in [0.717, 1.165) is 5.57 Å². The molecule has 0 bridgehead atoms. The number of rotatable bonds is 1. The second kappa shape index (κ2) is 2.96. The fourth-order valence-electron chi connectivity index (χ4n) is 0.958. The van der Waals surface area contributed by atoms with Gasteiger partial charge in [-0.1, -0.05) is 0 Å². The minimum Gasteiger partial charge on any atom is -0.291 e. The monoisotopic (exact) mass is 152 g/mol. The normalized spacial score (nSPS) is 24.2. The molecule has 60 valence electrons. The molecule has 0 saturated carbocycles. The molecule has 0 aromatic rings. The molecule has 0 fully saturated rings. The average molecular weight is 152 g/mol. The van der Waals surface area contributed by atoms with Crippen LogP contribution in [0.3, 0.4) is 0 Å². The quantitative estimate of drug-likeness (QED) is 0.547. The first-order valence-corrected chi connectivity index (χ1v) is 3.53. The van der Waals surface area contributed by atoms with E-state index in [2.05, 4.69) is 4.99 Å². The van der Waals surface area contributed by atoms with Crippen molar-refractivity contribution in [3.63, 3.8) is 0 Å². The van der Waals surface area contributed by atoms with Crippen molar-refractivity contribution in [3.05, 3.63) is 11.6 Å². The van der Waals surface area contributed by atoms with Crippen LogP contribution in [-0.4, -0.2) is 37.2 Å². The van der Waals surface area contributed by atoms with Crippen molar-refractivity contribution in [3.8, 4) is 0 Å². The highest BCUT2D eigenvalue weighted by molar-refractivity contribution is 6.04. The van der Waals surface area contributed by atoms with Gasteiger partial charge >= 0.3 is 0 Å². The maximum absolute atomic E-state index is 11.3. The van der Waals surface area contributed by atoms with Gasteiger partial charge in [0.2, 0.25) is 0 Å². The maximum Gasteiger partial charge on any atom is 0.197 e. The van der Waals surface area contributed by atoms with Gasteiger partial charge < -0.3 is 0 Å². The first kappa shape index (κ1) is 8.14. The second-order valence-corrected chi connectivity index (χ2v) is 2.85. The van der Waals surface area contributed by atoms with Crippen LogP contribution in [0.4, 0.5) is 0 Å². The number of hydrogen-bond acceptors (Lipinski definition) is 3. The van der Waals surface area contributed by atoms with Gasteiger partial charge in [0.1, 0.15) is 0 Å². The number of Topliss-reactive ketones (excluding diaryl/α,β-unsaturated/α-hetero) is 1. The Hall–Kier alpha value is -0.960. The first-order valence-electron chi connectivity index (χ1n) is 3.53. The van der Waals surface area contributed by atoms with Crippen molar-refractivity contribution in [1.29, 1.82) is 0 Å². The van der Waals surface area contributed by atoms with Crippen LogP contribution in [0.2, 0.25) is 0 Å². The fourth-order valence-corrected chi connectivity index (χ4v) is 0.958. The summed E-state index contributed by atoms with van der Waals surface area (Å²) < 4.78 is 0. The molecule has 0 saturated heterocycles. The molecule has 3 heteroatoms. The van der Waals surface area contributed by atoms with Crippen LogP contribution in [0.15, 0.2) is 16.6 Å². The van der Waals surface area contributed by atoms with Gasteiger partial charge in [-0.3, -0.25) is 14.7 Å². The Morgan fingerprint density at radius 1 is 1.55 bits per heavy atom. The lowest BCUT2D eigenvalue weighted by atomic mass is 10.1. The van der Waals surface area contributed by atoms with Crippen LogP contribution in [0.25, 0.3) is 0 Å². The number of carbonyl (C=O) groups excluding carboxylic acids is 1. The Balaban J connectivity index is 2.82. The third-order valence-corrected chi connectivity index (χ3v) is 1.66. The topological polar surface area (TPSA) is 32.7 Å². The van der Waals surface area contributed by atoms with Crippen LogP contribution < -0.4 is 0 Å². The summed E-state index contributed by atoms with van der Waals surface area (Å²) in [6.07, 6.45) is 3.11. The van der Waals surface area contributed by atoms with Crippen LogP contribution >= 0.6 is 0 Å². The minimum absolute atomic E-state index is 0.0949. The van der Waals surface area contributed by atoms with E-state index in [1.165, 1.54) is 0 Å². The van der Waals surface area contributed by atoms with Crippen molar-refractivity contribution >= 4 is 12.0 Å². The summed E-state index contributed by atoms with van der Waals surface area (Å²) in [7, 11) is 3.69. The molecule has 1 unspecified atom stereocenters. The lowest BCUT2D eigenvalue weighted by Crippen LogP contribution is -2.36. The van der Waals surface area contributed by atoms with Gasteiger partial charge in [0.25, 0.3) is 0 Å². The van der Waals surface area contributed by atoms with E-state index in [9.17, 15) is 4.79 Å². The SMILES string of the molecule is CC1=CC=NC(N(C)C)C1=O. The van der Waals surface area contributed by atoms with Gasteiger partial charge in [-0.15, -0.1) is 0 Å². The van der Waals surface area contributed by atoms with Crippen molar-refractivity contribution in [2.45, 2.75) is 13.1 Å². The highest BCUT2D eigenvalue weighted by atomic mass is 16.1. The molecule has 11 heavy (non-hydrogen) atoms. The summed E-state index contributed by atoms with van der Waals surface area (Å²) in [5.74, 6) is 0.0949. The Labute approximate surface area is 66.4 Å². The molecule has 0 aromatic carbocycles. The molecule has 3 nitrogen and oxygen atoms in total. The molecule has 0 spiro atoms. The molecule has 0 aromatic heterocycles. The molecular weight excluding hydrogens is 140 g/mol. The fraction of sp³-hybridized carbons (Fsp3) is 0.500. The number of nitrogens with zero attached hydrogens (tertiary/aromatic N) is 2. The number of likely N-dealkylation sites (N-methyl/N-ethyl adjacent to an activating group) is 1. The minimum atomic E-state index is -0.306. The highest BCUT2D eigenvalue weighted by Gasteiger charge is 2.21. The summed E-state index contributed by atoms with van der Waals surface area (Å²) in [6.45, 7) is 1.81. The average Bonchev–Trinajstić information content (AvgIpc) is 1.94. The van der Waals surface area contributed by atoms with E-state index in [4.69, 9.17) is 0 Å². The van der Waals surface area contributed by atoms with E-state index in [-0.39, 0.29) is 11.9 Å². The Kier molecular flexibility index (Phi) is 2.19. The Morgan fingerprint density at radius 2 is 2.18 bits per heavy atom. The smallest absolute Gasteiger partial charge is 0.197 e. The van der Waals surface area contributed by atoms with Crippen LogP contribution in [0.5, 0.6) is 0 Å². The first-order chi connectivity index (χ1) is 5.13. The van der Waals surface area contributed by atoms with E-state index in [1.807, 2.05) is 21.0 Å². The summed E-state index contributed by atoms with van der Waals surface area (Å²) in [5, 5.41) is 0. The van der Waals surface area contributed by atoms with Gasteiger partial charge in [-0.2, -0.15) is 0 Å².